The summed E-state index contributed by atoms with van der Waals surface area (Å²) in [6.45, 7) is 1.88. The number of benzene rings is 1. The van der Waals surface area contributed by atoms with Gasteiger partial charge in [0.1, 0.15) is 0 Å². The van der Waals surface area contributed by atoms with E-state index in [0.29, 0.717) is 11.4 Å². The molecule has 2 heterocycles. The van der Waals surface area contributed by atoms with Gasteiger partial charge in [-0.05, 0) is 56.0 Å². The summed E-state index contributed by atoms with van der Waals surface area (Å²) in [5, 5.41) is 10.2. The van der Waals surface area contributed by atoms with Gasteiger partial charge < -0.3 is 10.6 Å². The van der Waals surface area contributed by atoms with Gasteiger partial charge in [-0.2, -0.15) is 18.3 Å². The number of nitrogens with one attached hydrogen (secondary N) is 2. The standard InChI is InChI=1S/C18H19F3N4O.ClH/c19-18(20,21)12-2-1-3-14(8-12)25-11-13(10-23-25)24-16(26)15-9-17(15)4-6-22-7-5-17;/h1-3,8,10-11,15,22H,4-7,9H2,(H,24,26);1H. The van der Waals surface area contributed by atoms with Crippen LogP contribution in [0.15, 0.2) is 36.7 Å². The predicted octanol–water partition coefficient (Wildman–Crippen LogP) is 3.64. The first-order valence-electron chi connectivity index (χ1n) is 8.61. The number of halogens is 4. The highest BCUT2D eigenvalue weighted by Crippen LogP contribution is 2.58. The Morgan fingerprint density at radius 3 is 2.74 bits per heavy atom. The van der Waals surface area contributed by atoms with Crippen LogP contribution in [0.1, 0.15) is 24.8 Å². The highest BCUT2D eigenvalue weighted by Gasteiger charge is 2.57. The molecule has 1 saturated carbocycles. The van der Waals surface area contributed by atoms with Crippen LogP contribution < -0.4 is 10.6 Å². The number of aromatic nitrogens is 2. The topological polar surface area (TPSA) is 59.0 Å². The average Bonchev–Trinajstić information content (AvgIpc) is 3.10. The number of nitrogens with zero attached hydrogens (tertiary/aromatic N) is 2. The van der Waals surface area contributed by atoms with E-state index in [9.17, 15) is 18.0 Å². The van der Waals surface area contributed by atoms with Gasteiger partial charge >= 0.3 is 6.18 Å². The number of hydrogen-bond donors (Lipinski definition) is 2. The summed E-state index contributed by atoms with van der Waals surface area (Å²) in [6, 6.07) is 4.92. The van der Waals surface area contributed by atoms with Crippen LogP contribution in [0.2, 0.25) is 0 Å². The second kappa shape index (κ2) is 7.16. The first-order chi connectivity index (χ1) is 12.4. The van der Waals surface area contributed by atoms with Gasteiger partial charge in [-0.15, -0.1) is 12.4 Å². The summed E-state index contributed by atoms with van der Waals surface area (Å²) in [4.78, 5) is 12.5. The van der Waals surface area contributed by atoms with Crippen molar-refractivity contribution in [1.82, 2.24) is 15.1 Å². The molecule has 2 N–H and O–H groups in total. The van der Waals surface area contributed by atoms with Crippen molar-refractivity contribution in [3.8, 4) is 5.69 Å². The predicted molar refractivity (Wildman–Crippen MR) is 97.1 cm³/mol. The lowest BCUT2D eigenvalue weighted by Crippen LogP contribution is -2.31. The monoisotopic (exact) mass is 400 g/mol. The molecular formula is C18H20ClF3N4O. The fourth-order valence-corrected chi connectivity index (χ4v) is 3.78. The molecule has 1 aromatic heterocycles. The summed E-state index contributed by atoms with van der Waals surface area (Å²) in [7, 11) is 0. The Bertz CT molecular complexity index is 830. The number of piperidine rings is 1. The Balaban J connectivity index is 0.00000210. The molecule has 1 aliphatic heterocycles. The fraction of sp³-hybridized carbons (Fsp3) is 0.444. The minimum Gasteiger partial charge on any atom is -0.323 e. The molecule has 9 heteroatoms. The number of anilines is 1. The summed E-state index contributed by atoms with van der Waals surface area (Å²) < 4.78 is 39.8. The average molecular weight is 401 g/mol. The smallest absolute Gasteiger partial charge is 0.323 e. The van der Waals surface area contributed by atoms with Crippen molar-refractivity contribution < 1.29 is 18.0 Å². The highest BCUT2D eigenvalue weighted by molar-refractivity contribution is 5.95. The Morgan fingerprint density at radius 2 is 2.04 bits per heavy atom. The lowest BCUT2D eigenvalue weighted by Gasteiger charge is -2.23. The summed E-state index contributed by atoms with van der Waals surface area (Å²) in [6.07, 6.45) is 1.50. The van der Waals surface area contributed by atoms with Gasteiger partial charge in [-0.3, -0.25) is 4.79 Å². The molecule has 4 rings (SSSR count). The van der Waals surface area contributed by atoms with Crippen molar-refractivity contribution in [2.45, 2.75) is 25.4 Å². The maximum atomic E-state index is 12.8. The molecule has 1 spiro atoms. The second-order valence-corrected chi connectivity index (χ2v) is 7.08. The van der Waals surface area contributed by atoms with Crippen molar-refractivity contribution >= 4 is 24.0 Å². The molecule has 0 radical (unpaired) electrons. The van der Waals surface area contributed by atoms with Gasteiger partial charge in [0.25, 0.3) is 0 Å². The van der Waals surface area contributed by atoms with Crippen molar-refractivity contribution in [2.24, 2.45) is 11.3 Å². The van der Waals surface area contributed by atoms with E-state index in [1.54, 1.807) is 6.07 Å². The molecule has 1 unspecified atom stereocenters. The quantitative estimate of drug-likeness (QED) is 0.827. The molecule has 0 bridgehead atoms. The van der Waals surface area contributed by atoms with E-state index in [2.05, 4.69) is 15.7 Å². The number of hydrogen-bond acceptors (Lipinski definition) is 3. The third-order valence-corrected chi connectivity index (χ3v) is 5.39. The van der Waals surface area contributed by atoms with Crippen LogP contribution in [0, 0.1) is 11.3 Å². The lowest BCUT2D eigenvalue weighted by atomic mass is 9.92. The number of carbonyl (C=O) groups is 1. The van der Waals surface area contributed by atoms with Gasteiger partial charge in [0, 0.05) is 5.92 Å². The lowest BCUT2D eigenvalue weighted by molar-refractivity contribution is -0.137. The first-order valence-corrected chi connectivity index (χ1v) is 8.61. The Labute approximate surface area is 160 Å². The van der Waals surface area contributed by atoms with Crippen molar-refractivity contribution in [3.63, 3.8) is 0 Å². The Kier molecular flexibility index (Phi) is 5.22. The van der Waals surface area contributed by atoms with Gasteiger partial charge in [-0.25, -0.2) is 4.68 Å². The summed E-state index contributed by atoms with van der Waals surface area (Å²) >= 11 is 0. The molecule has 2 aliphatic rings. The largest absolute Gasteiger partial charge is 0.416 e. The fourth-order valence-electron chi connectivity index (χ4n) is 3.78. The van der Waals surface area contributed by atoms with Gasteiger partial charge in [0.2, 0.25) is 5.91 Å². The SMILES string of the molecule is Cl.O=C(Nc1cnn(-c2cccc(C(F)(F)F)c2)c1)C1CC12CCNCC2. The minimum atomic E-state index is -4.41. The van der Waals surface area contributed by atoms with Crippen molar-refractivity contribution in [2.75, 3.05) is 18.4 Å². The molecule has 2 fully saturated rings. The highest BCUT2D eigenvalue weighted by atomic mass is 35.5. The van der Waals surface area contributed by atoms with Crippen LogP contribution in [0.5, 0.6) is 0 Å². The van der Waals surface area contributed by atoms with Gasteiger partial charge in [-0.1, -0.05) is 6.07 Å². The third kappa shape index (κ3) is 3.96. The number of carbonyl (C=O) groups excluding carboxylic acids is 1. The molecule has 1 aliphatic carbocycles. The van der Waals surface area contributed by atoms with Crippen LogP contribution >= 0.6 is 12.4 Å². The Hall–Kier alpha value is -2.06. The molecule has 1 atom stereocenters. The van der Waals surface area contributed by atoms with Gasteiger partial charge in [0.05, 0.1) is 29.3 Å². The number of alkyl halides is 3. The molecular weight excluding hydrogens is 381 g/mol. The molecule has 5 nitrogen and oxygen atoms in total. The normalized spacial score (nSPS) is 20.8. The van der Waals surface area contributed by atoms with Crippen LogP contribution in [-0.2, 0) is 11.0 Å². The van der Waals surface area contributed by atoms with Crippen LogP contribution in [0.25, 0.3) is 5.69 Å². The van der Waals surface area contributed by atoms with E-state index >= 15 is 0 Å². The maximum absolute atomic E-state index is 12.8. The molecule has 27 heavy (non-hydrogen) atoms. The zero-order valence-corrected chi connectivity index (χ0v) is 15.2. The van der Waals surface area contributed by atoms with E-state index in [4.69, 9.17) is 0 Å². The number of rotatable bonds is 3. The number of amides is 1. The molecule has 1 aromatic carbocycles. The first kappa shape index (κ1) is 19.7. The minimum absolute atomic E-state index is 0. The zero-order chi connectivity index (χ0) is 18.4. The molecule has 1 saturated heterocycles. The van der Waals surface area contributed by atoms with E-state index < -0.39 is 11.7 Å². The van der Waals surface area contributed by atoms with Gasteiger partial charge in [0.15, 0.2) is 0 Å². The Morgan fingerprint density at radius 1 is 1.30 bits per heavy atom. The zero-order valence-electron chi connectivity index (χ0n) is 14.4. The van der Waals surface area contributed by atoms with Crippen molar-refractivity contribution in [1.29, 1.82) is 0 Å². The van der Waals surface area contributed by atoms with Crippen molar-refractivity contribution in [3.05, 3.63) is 42.2 Å². The van der Waals surface area contributed by atoms with Crippen LogP contribution in [0.3, 0.4) is 0 Å². The summed E-state index contributed by atoms with van der Waals surface area (Å²) in [5.41, 5.74) is 0.179. The molecule has 1 amide bonds. The van der Waals surface area contributed by atoms with E-state index in [1.807, 2.05) is 0 Å². The summed E-state index contributed by atoms with van der Waals surface area (Å²) in [5.74, 6) is -0.0167. The molecule has 2 aromatic rings. The third-order valence-electron chi connectivity index (χ3n) is 5.39. The second-order valence-electron chi connectivity index (χ2n) is 7.08. The van der Waals surface area contributed by atoms with Crippen LogP contribution in [0.4, 0.5) is 18.9 Å². The molecule has 146 valence electrons. The van der Waals surface area contributed by atoms with Crippen LogP contribution in [-0.4, -0.2) is 28.8 Å². The maximum Gasteiger partial charge on any atom is 0.416 e. The van der Waals surface area contributed by atoms with E-state index in [-0.39, 0.29) is 29.6 Å². The van der Waals surface area contributed by atoms with E-state index in [0.717, 1.165) is 44.5 Å². The van der Waals surface area contributed by atoms with E-state index in [1.165, 1.54) is 23.1 Å².